The van der Waals surface area contributed by atoms with E-state index < -0.39 is 49.1 Å². The molecule has 1 unspecified atom stereocenters. The summed E-state index contributed by atoms with van der Waals surface area (Å²) in [6, 6.07) is -1.40. The third kappa shape index (κ3) is 13.9. The minimum atomic E-state index is -1.32. The molecule has 0 aliphatic heterocycles. The molecule has 0 heterocycles. The fraction of sp³-hybridized carbons (Fsp3) is 0.690. The van der Waals surface area contributed by atoms with Crippen LogP contribution < -0.4 is 16.0 Å². The summed E-state index contributed by atoms with van der Waals surface area (Å²) in [6.07, 6.45) is -0.832. The second-order valence-corrected chi connectivity index (χ2v) is 7.46. The highest BCUT2D eigenvalue weighted by Crippen LogP contribution is 2.32. The molecule has 230 valence electrons. The maximum atomic E-state index is 13.0. The van der Waals surface area contributed by atoms with E-state index in [4.69, 9.17) is 0 Å². The van der Waals surface area contributed by atoms with E-state index in [0.29, 0.717) is 23.1 Å². The third-order valence-electron chi connectivity index (χ3n) is 5.16. The van der Waals surface area contributed by atoms with Gasteiger partial charge in [0.25, 0.3) is 17.7 Å². The topological polar surface area (TPSA) is 168 Å². The molecule has 10 heteroatoms. The predicted octanol–water partition coefficient (Wildman–Crippen LogP) is 3.62. The SMILES string of the molecule is CC.CC.CC.CC.CCC(CO)NC(=O)c1c(C)c(NC(=O)[C@H](C)O)c(C)c(C(=O)NC(CO)CO)c1C. The Kier molecular flexibility index (Phi) is 28.7. The van der Waals surface area contributed by atoms with Crippen LogP contribution in [0.3, 0.4) is 0 Å². The van der Waals surface area contributed by atoms with Crippen LogP contribution in [0.1, 0.15) is 113 Å². The molecule has 39 heavy (non-hydrogen) atoms. The second kappa shape index (κ2) is 25.7. The molecule has 0 saturated carbocycles. The van der Waals surface area contributed by atoms with Crippen molar-refractivity contribution in [3.8, 4) is 0 Å². The van der Waals surface area contributed by atoms with Crippen molar-refractivity contribution in [3.05, 3.63) is 27.8 Å². The lowest BCUT2D eigenvalue weighted by Crippen LogP contribution is -2.41. The lowest BCUT2D eigenvalue weighted by Gasteiger charge is -2.24. The van der Waals surface area contributed by atoms with Gasteiger partial charge in [-0.05, 0) is 50.8 Å². The Morgan fingerprint density at radius 2 is 1.00 bits per heavy atom. The van der Waals surface area contributed by atoms with E-state index in [2.05, 4.69) is 16.0 Å². The number of carbonyl (C=O) groups is 3. The molecule has 7 N–H and O–H groups in total. The fourth-order valence-corrected chi connectivity index (χ4v) is 3.26. The number of aliphatic hydroxyl groups is 4. The number of carbonyl (C=O) groups excluding carboxylic acids is 3. The summed E-state index contributed by atoms with van der Waals surface area (Å²) in [5.41, 5.74) is 1.54. The van der Waals surface area contributed by atoms with Crippen molar-refractivity contribution in [3.63, 3.8) is 0 Å². The van der Waals surface area contributed by atoms with Crippen molar-refractivity contribution in [2.24, 2.45) is 0 Å². The van der Waals surface area contributed by atoms with Crippen molar-refractivity contribution >= 4 is 23.4 Å². The monoisotopic (exact) mass is 559 g/mol. The number of hydrogen-bond acceptors (Lipinski definition) is 7. The molecule has 0 aromatic heterocycles. The summed E-state index contributed by atoms with van der Waals surface area (Å²) in [5.74, 6) is -1.88. The maximum absolute atomic E-state index is 13.0. The van der Waals surface area contributed by atoms with Gasteiger partial charge in [-0.25, -0.2) is 0 Å². The molecule has 0 saturated heterocycles. The zero-order valence-electron chi connectivity index (χ0n) is 26.6. The average molecular weight is 560 g/mol. The van der Waals surface area contributed by atoms with Gasteiger partial charge in [-0.1, -0.05) is 62.3 Å². The molecule has 1 rings (SSSR count). The number of nitrogens with one attached hydrogen (secondary N) is 3. The van der Waals surface area contributed by atoms with Crippen molar-refractivity contribution in [1.82, 2.24) is 10.6 Å². The quantitative estimate of drug-likeness (QED) is 0.230. The van der Waals surface area contributed by atoms with Crippen molar-refractivity contribution in [2.75, 3.05) is 25.1 Å². The van der Waals surface area contributed by atoms with E-state index in [-0.39, 0.29) is 23.4 Å². The minimum Gasteiger partial charge on any atom is -0.394 e. The van der Waals surface area contributed by atoms with Crippen LogP contribution in [-0.4, -0.2) is 76.2 Å². The first-order valence-corrected chi connectivity index (χ1v) is 14.1. The standard InChI is InChI=1S/C21H33N3O7.4C2H6/c1-6-14(7-25)22-20(30)16-10(2)17(21(31)23-15(8-26)9-27)12(4)18(11(16)3)24-19(29)13(5)28;4*1-2/h13-15,25-28H,6-9H2,1-5H3,(H,22,30)(H,23,31)(H,24,29);4*1-2H3/t13-,14?;;;;/m0..../s1. The highest BCUT2D eigenvalue weighted by atomic mass is 16.3. The Morgan fingerprint density at radius 1 is 0.667 bits per heavy atom. The molecule has 0 aliphatic rings. The molecule has 0 radical (unpaired) electrons. The molecule has 0 bridgehead atoms. The maximum Gasteiger partial charge on any atom is 0.252 e. The van der Waals surface area contributed by atoms with Crippen LogP contribution in [0, 0.1) is 20.8 Å². The number of rotatable bonds is 10. The van der Waals surface area contributed by atoms with E-state index in [1.165, 1.54) is 6.92 Å². The lowest BCUT2D eigenvalue weighted by molar-refractivity contribution is -0.123. The van der Waals surface area contributed by atoms with Gasteiger partial charge in [0.05, 0.1) is 31.9 Å². The van der Waals surface area contributed by atoms with Gasteiger partial charge in [0.15, 0.2) is 0 Å². The Balaban J connectivity index is -0.000000697. The van der Waals surface area contributed by atoms with Gasteiger partial charge in [0.1, 0.15) is 6.10 Å². The molecular formula is C29H57N3O7. The zero-order valence-corrected chi connectivity index (χ0v) is 26.6. The van der Waals surface area contributed by atoms with Crippen LogP contribution in [0.5, 0.6) is 0 Å². The predicted molar refractivity (Wildman–Crippen MR) is 160 cm³/mol. The van der Waals surface area contributed by atoms with Crippen molar-refractivity contribution in [2.45, 2.75) is 115 Å². The fourth-order valence-electron chi connectivity index (χ4n) is 3.26. The Bertz CT molecular complexity index is 767. The summed E-state index contributed by atoms with van der Waals surface area (Å²) in [7, 11) is 0. The Morgan fingerprint density at radius 3 is 1.28 bits per heavy atom. The van der Waals surface area contributed by atoms with Gasteiger partial charge in [-0.15, -0.1) is 0 Å². The molecule has 0 fully saturated rings. The molecular weight excluding hydrogens is 502 g/mol. The Labute approximate surface area is 236 Å². The molecule has 3 amide bonds. The van der Waals surface area contributed by atoms with Crippen LogP contribution >= 0.6 is 0 Å². The molecule has 0 spiro atoms. The molecule has 10 nitrogen and oxygen atoms in total. The van der Waals surface area contributed by atoms with Crippen LogP contribution in [0.4, 0.5) is 5.69 Å². The number of hydrogen-bond donors (Lipinski definition) is 7. The van der Waals surface area contributed by atoms with E-state index in [1.807, 2.05) is 55.4 Å². The number of aliphatic hydroxyl groups excluding tert-OH is 4. The van der Waals surface area contributed by atoms with Gasteiger partial charge in [-0.2, -0.15) is 0 Å². The Hall–Kier alpha value is -2.53. The number of amides is 3. The van der Waals surface area contributed by atoms with E-state index in [1.54, 1.807) is 27.7 Å². The second-order valence-electron chi connectivity index (χ2n) is 7.46. The highest BCUT2D eigenvalue weighted by Gasteiger charge is 2.28. The van der Waals surface area contributed by atoms with Crippen LogP contribution in [-0.2, 0) is 4.79 Å². The summed E-state index contributed by atoms with van der Waals surface area (Å²) in [6.45, 7) is 22.6. The van der Waals surface area contributed by atoms with Gasteiger partial charge in [-0.3, -0.25) is 14.4 Å². The van der Waals surface area contributed by atoms with Gasteiger partial charge < -0.3 is 36.4 Å². The van der Waals surface area contributed by atoms with Gasteiger partial charge in [0.2, 0.25) is 0 Å². The molecule has 1 aromatic rings. The first kappa shape index (κ1) is 43.5. The average Bonchev–Trinajstić information content (AvgIpc) is 2.96. The van der Waals surface area contributed by atoms with Crippen LogP contribution in [0.15, 0.2) is 0 Å². The third-order valence-corrected chi connectivity index (χ3v) is 5.16. The van der Waals surface area contributed by atoms with Gasteiger partial charge in [0, 0.05) is 16.8 Å². The largest absolute Gasteiger partial charge is 0.394 e. The summed E-state index contributed by atoms with van der Waals surface area (Å²) < 4.78 is 0. The summed E-state index contributed by atoms with van der Waals surface area (Å²) in [4.78, 5) is 38.1. The molecule has 1 aromatic carbocycles. The summed E-state index contributed by atoms with van der Waals surface area (Å²) in [5, 5.41) is 45.3. The van der Waals surface area contributed by atoms with Crippen LogP contribution in [0.25, 0.3) is 0 Å². The first-order valence-electron chi connectivity index (χ1n) is 14.1. The normalized spacial score (nSPS) is 10.9. The summed E-state index contributed by atoms with van der Waals surface area (Å²) >= 11 is 0. The van der Waals surface area contributed by atoms with E-state index in [0.717, 1.165) is 0 Å². The number of anilines is 1. The van der Waals surface area contributed by atoms with Crippen molar-refractivity contribution in [1.29, 1.82) is 0 Å². The highest BCUT2D eigenvalue weighted by molar-refractivity contribution is 6.08. The zero-order chi connectivity index (χ0) is 31.9. The smallest absolute Gasteiger partial charge is 0.252 e. The van der Waals surface area contributed by atoms with Crippen molar-refractivity contribution < 1.29 is 34.8 Å². The number of benzene rings is 1. The molecule has 2 atom stereocenters. The van der Waals surface area contributed by atoms with Gasteiger partial charge >= 0.3 is 0 Å². The first-order chi connectivity index (χ1) is 18.5. The van der Waals surface area contributed by atoms with Crippen LogP contribution in [0.2, 0.25) is 0 Å². The van der Waals surface area contributed by atoms with E-state index in [9.17, 15) is 34.8 Å². The van der Waals surface area contributed by atoms with E-state index >= 15 is 0 Å². The molecule has 0 aliphatic carbocycles. The lowest BCUT2D eigenvalue weighted by atomic mass is 9.89. The minimum absolute atomic E-state index is 0.0978.